The molecule has 0 fully saturated rings. The summed E-state index contributed by atoms with van der Waals surface area (Å²) in [4.78, 5) is 23.7. The third kappa shape index (κ3) is 6.97. The van der Waals surface area contributed by atoms with Crippen molar-refractivity contribution >= 4 is 12.0 Å². The zero-order chi connectivity index (χ0) is 16.4. The third-order valence-electron chi connectivity index (χ3n) is 3.31. The van der Waals surface area contributed by atoms with E-state index in [2.05, 4.69) is 5.32 Å². The number of rotatable bonds is 9. The van der Waals surface area contributed by atoms with Crippen molar-refractivity contribution in [3.63, 3.8) is 0 Å². The lowest BCUT2D eigenvalue weighted by Crippen LogP contribution is -2.38. The highest BCUT2D eigenvalue weighted by Crippen LogP contribution is 2.12. The molecule has 22 heavy (non-hydrogen) atoms. The average Bonchev–Trinajstić information content (AvgIpc) is 2.51. The molecule has 0 aliphatic rings. The van der Waals surface area contributed by atoms with Crippen molar-refractivity contribution in [2.24, 2.45) is 0 Å². The number of carbonyl (C=O) groups is 2. The predicted molar refractivity (Wildman–Crippen MR) is 84.2 cm³/mol. The van der Waals surface area contributed by atoms with E-state index in [1.807, 2.05) is 24.3 Å². The summed E-state index contributed by atoms with van der Waals surface area (Å²) in [6.45, 7) is 1.03. The number of amides is 2. The minimum atomic E-state index is -0.845. The van der Waals surface area contributed by atoms with E-state index in [0.29, 0.717) is 19.5 Å². The number of benzene rings is 1. The SMILES string of the molecule is COc1ccc(CCCN(C)C(=O)NCCCC(=O)O)cc1. The van der Waals surface area contributed by atoms with E-state index in [0.717, 1.165) is 18.6 Å². The van der Waals surface area contributed by atoms with Crippen LogP contribution in [-0.2, 0) is 11.2 Å². The van der Waals surface area contributed by atoms with Crippen LogP contribution in [0.15, 0.2) is 24.3 Å². The molecule has 0 saturated carbocycles. The van der Waals surface area contributed by atoms with Crippen molar-refractivity contribution in [3.8, 4) is 5.75 Å². The second-order valence-electron chi connectivity index (χ2n) is 5.10. The minimum Gasteiger partial charge on any atom is -0.497 e. The largest absolute Gasteiger partial charge is 0.497 e. The average molecular weight is 308 g/mol. The fourth-order valence-corrected chi connectivity index (χ4v) is 1.98. The zero-order valence-corrected chi connectivity index (χ0v) is 13.2. The molecule has 1 rings (SSSR count). The molecule has 1 aromatic carbocycles. The minimum absolute atomic E-state index is 0.0709. The van der Waals surface area contributed by atoms with Crippen LogP contribution in [0.2, 0.25) is 0 Å². The molecule has 0 unspecified atom stereocenters. The smallest absolute Gasteiger partial charge is 0.317 e. The number of ether oxygens (including phenoxy) is 1. The Morgan fingerprint density at radius 3 is 2.50 bits per heavy atom. The van der Waals surface area contributed by atoms with Gasteiger partial charge in [-0.05, 0) is 37.0 Å². The fourth-order valence-electron chi connectivity index (χ4n) is 1.98. The second-order valence-corrected chi connectivity index (χ2v) is 5.10. The van der Waals surface area contributed by atoms with Gasteiger partial charge in [-0.25, -0.2) is 4.79 Å². The molecule has 0 atom stereocenters. The van der Waals surface area contributed by atoms with E-state index in [9.17, 15) is 9.59 Å². The predicted octanol–water partition coefficient (Wildman–Crippen LogP) is 2.13. The summed E-state index contributed by atoms with van der Waals surface area (Å²) in [5.41, 5.74) is 1.20. The van der Waals surface area contributed by atoms with Crippen molar-refractivity contribution in [3.05, 3.63) is 29.8 Å². The highest BCUT2D eigenvalue weighted by Gasteiger charge is 2.07. The van der Waals surface area contributed by atoms with Gasteiger partial charge in [-0.1, -0.05) is 12.1 Å². The Morgan fingerprint density at radius 1 is 1.23 bits per heavy atom. The summed E-state index contributed by atoms with van der Waals surface area (Å²) in [6, 6.07) is 7.72. The Bertz CT molecular complexity index is 474. The number of carboxylic acid groups (broad SMARTS) is 1. The lowest BCUT2D eigenvalue weighted by molar-refractivity contribution is -0.137. The fraction of sp³-hybridized carbons (Fsp3) is 0.500. The first-order valence-corrected chi connectivity index (χ1v) is 7.36. The molecule has 0 aliphatic carbocycles. The summed E-state index contributed by atoms with van der Waals surface area (Å²) in [5.74, 6) is -0.0105. The Kier molecular flexibility index (Phi) is 7.81. The van der Waals surface area contributed by atoms with Crippen molar-refractivity contribution in [1.82, 2.24) is 10.2 Å². The summed E-state index contributed by atoms with van der Waals surface area (Å²) >= 11 is 0. The third-order valence-corrected chi connectivity index (χ3v) is 3.31. The van der Waals surface area contributed by atoms with Crippen LogP contribution in [0.5, 0.6) is 5.75 Å². The number of aliphatic carboxylic acids is 1. The maximum Gasteiger partial charge on any atom is 0.317 e. The van der Waals surface area contributed by atoms with Crippen LogP contribution in [-0.4, -0.2) is 49.3 Å². The van der Waals surface area contributed by atoms with Crippen LogP contribution in [0, 0.1) is 0 Å². The van der Waals surface area contributed by atoms with Crippen molar-refractivity contribution < 1.29 is 19.4 Å². The molecular formula is C16H24N2O4. The lowest BCUT2D eigenvalue weighted by atomic mass is 10.1. The van der Waals surface area contributed by atoms with Crippen LogP contribution in [0.1, 0.15) is 24.8 Å². The van der Waals surface area contributed by atoms with E-state index < -0.39 is 5.97 Å². The summed E-state index contributed by atoms with van der Waals surface area (Å²) in [5, 5.41) is 11.2. The van der Waals surface area contributed by atoms with Crippen LogP contribution in [0.4, 0.5) is 4.79 Å². The van der Waals surface area contributed by atoms with Gasteiger partial charge in [-0.3, -0.25) is 4.79 Å². The van der Waals surface area contributed by atoms with Crippen molar-refractivity contribution in [2.75, 3.05) is 27.2 Å². The van der Waals surface area contributed by atoms with Gasteiger partial charge in [-0.2, -0.15) is 0 Å². The monoisotopic (exact) mass is 308 g/mol. The molecule has 1 aromatic rings. The molecule has 2 N–H and O–H groups in total. The molecule has 0 aliphatic heterocycles. The van der Waals surface area contributed by atoms with Crippen LogP contribution in [0.3, 0.4) is 0 Å². The normalized spacial score (nSPS) is 10.1. The molecular weight excluding hydrogens is 284 g/mol. The van der Waals surface area contributed by atoms with Gasteiger partial charge in [-0.15, -0.1) is 0 Å². The van der Waals surface area contributed by atoms with Gasteiger partial charge in [0.15, 0.2) is 0 Å². The highest BCUT2D eigenvalue weighted by molar-refractivity contribution is 5.73. The number of urea groups is 1. The number of hydrogen-bond donors (Lipinski definition) is 2. The van der Waals surface area contributed by atoms with Gasteiger partial charge in [0.1, 0.15) is 5.75 Å². The van der Waals surface area contributed by atoms with Gasteiger partial charge < -0.3 is 20.1 Å². The summed E-state index contributed by atoms with van der Waals surface area (Å²) in [6.07, 6.45) is 2.27. The molecule has 122 valence electrons. The highest BCUT2D eigenvalue weighted by atomic mass is 16.5. The Balaban J connectivity index is 2.19. The lowest BCUT2D eigenvalue weighted by Gasteiger charge is -2.17. The van der Waals surface area contributed by atoms with Gasteiger partial charge in [0.2, 0.25) is 0 Å². The number of hydrogen-bond acceptors (Lipinski definition) is 3. The van der Waals surface area contributed by atoms with E-state index in [-0.39, 0.29) is 12.5 Å². The second kappa shape index (κ2) is 9.65. The Hall–Kier alpha value is -2.24. The molecule has 2 amide bonds. The number of carboxylic acids is 1. The van der Waals surface area contributed by atoms with Crippen molar-refractivity contribution in [1.29, 1.82) is 0 Å². The molecule has 0 heterocycles. The number of aryl methyl sites for hydroxylation is 1. The Labute approximate surface area is 131 Å². The summed E-state index contributed by atoms with van der Waals surface area (Å²) in [7, 11) is 3.37. The number of nitrogens with one attached hydrogen (secondary N) is 1. The molecule has 0 aromatic heterocycles. The first kappa shape index (κ1) is 17.8. The quantitative estimate of drug-likeness (QED) is 0.685. The van der Waals surface area contributed by atoms with Gasteiger partial charge >= 0.3 is 12.0 Å². The van der Waals surface area contributed by atoms with E-state index in [4.69, 9.17) is 9.84 Å². The maximum atomic E-state index is 11.8. The van der Waals surface area contributed by atoms with E-state index in [1.165, 1.54) is 5.56 Å². The molecule has 6 heteroatoms. The van der Waals surface area contributed by atoms with E-state index in [1.54, 1.807) is 19.1 Å². The number of methoxy groups -OCH3 is 1. The first-order valence-electron chi connectivity index (χ1n) is 7.36. The van der Waals surface area contributed by atoms with Crippen LogP contribution < -0.4 is 10.1 Å². The summed E-state index contributed by atoms with van der Waals surface area (Å²) < 4.78 is 5.11. The zero-order valence-electron chi connectivity index (χ0n) is 13.2. The van der Waals surface area contributed by atoms with E-state index >= 15 is 0 Å². The molecule has 0 bridgehead atoms. The van der Waals surface area contributed by atoms with Gasteiger partial charge in [0.05, 0.1) is 7.11 Å². The maximum absolute atomic E-state index is 11.8. The molecule has 0 spiro atoms. The van der Waals surface area contributed by atoms with Gasteiger partial charge in [0.25, 0.3) is 0 Å². The molecule has 0 saturated heterocycles. The standard InChI is InChI=1S/C16H24N2O4/c1-18(16(21)17-11-3-6-15(19)20)12-4-5-13-7-9-14(22-2)10-8-13/h7-10H,3-6,11-12H2,1-2H3,(H,17,21)(H,19,20). The topological polar surface area (TPSA) is 78.9 Å². The van der Waals surface area contributed by atoms with Crippen molar-refractivity contribution in [2.45, 2.75) is 25.7 Å². The first-order chi connectivity index (χ1) is 10.5. The Morgan fingerprint density at radius 2 is 1.91 bits per heavy atom. The number of nitrogens with zero attached hydrogens (tertiary/aromatic N) is 1. The van der Waals surface area contributed by atoms with Crippen LogP contribution in [0.25, 0.3) is 0 Å². The molecule has 0 radical (unpaired) electrons. The van der Waals surface area contributed by atoms with Gasteiger partial charge in [0, 0.05) is 26.6 Å². The van der Waals surface area contributed by atoms with Crippen LogP contribution >= 0.6 is 0 Å². The number of carbonyl (C=O) groups excluding carboxylic acids is 1. The molecule has 6 nitrogen and oxygen atoms in total.